The minimum absolute atomic E-state index is 0.111. The maximum atomic E-state index is 15.1. The third-order valence-electron chi connectivity index (χ3n) is 6.18. The van der Waals surface area contributed by atoms with Crippen molar-refractivity contribution in [2.75, 3.05) is 23.1 Å². The van der Waals surface area contributed by atoms with Crippen molar-refractivity contribution < 1.29 is 39.8 Å². The monoisotopic (exact) mass is 622 g/mol. The molecule has 0 saturated carbocycles. The summed E-state index contributed by atoms with van der Waals surface area (Å²) < 4.78 is 104. The number of hydrogen-bond acceptors (Lipinski definition) is 9. The Kier molecular flexibility index (Phi) is 8.59. The Morgan fingerprint density at radius 2 is 1.81 bits per heavy atom. The van der Waals surface area contributed by atoms with Crippen molar-refractivity contribution in [2.24, 2.45) is 0 Å². The molecule has 1 aliphatic rings. The van der Waals surface area contributed by atoms with Gasteiger partial charge in [0, 0.05) is 31.0 Å². The van der Waals surface area contributed by atoms with Crippen LogP contribution in [0.25, 0.3) is 11.3 Å². The number of nitrogens with one attached hydrogen (secondary N) is 3. The Balaban J connectivity index is 1.36. The van der Waals surface area contributed by atoms with Crippen LogP contribution in [0.1, 0.15) is 12.8 Å². The highest BCUT2D eigenvalue weighted by atomic mass is 32.2. The predicted octanol–water partition coefficient (Wildman–Crippen LogP) is 5.47. The number of sulfonamides is 1. The average Bonchev–Trinajstić information content (AvgIpc) is 2.97. The van der Waals surface area contributed by atoms with Crippen LogP contribution >= 0.6 is 0 Å². The second kappa shape index (κ2) is 12.3. The van der Waals surface area contributed by atoms with Crippen molar-refractivity contribution >= 4 is 21.7 Å². The largest absolute Gasteiger partial charge is 0.573 e. The first kappa shape index (κ1) is 29.9. The van der Waals surface area contributed by atoms with Crippen molar-refractivity contribution in [3.63, 3.8) is 0 Å². The molecule has 226 valence electrons. The van der Waals surface area contributed by atoms with Crippen LogP contribution in [-0.2, 0) is 10.0 Å². The van der Waals surface area contributed by atoms with Gasteiger partial charge in [-0.2, -0.15) is 4.39 Å². The van der Waals surface area contributed by atoms with E-state index in [0.29, 0.717) is 23.3 Å². The van der Waals surface area contributed by atoms with Gasteiger partial charge < -0.3 is 20.1 Å². The van der Waals surface area contributed by atoms with Crippen LogP contribution in [0.4, 0.5) is 33.6 Å². The molecule has 16 heteroatoms. The maximum Gasteiger partial charge on any atom is 0.573 e. The highest BCUT2D eigenvalue weighted by Crippen LogP contribution is 2.35. The van der Waals surface area contributed by atoms with E-state index in [1.807, 2.05) is 4.72 Å². The average molecular weight is 623 g/mol. The fourth-order valence-corrected chi connectivity index (χ4v) is 5.33. The zero-order valence-electron chi connectivity index (χ0n) is 22.0. The number of halogens is 5. The zero-order valence-corrected chi connectivity index (χ0v) is 22.8. The molecular formula is C27H23F5N6O4S. The molecule has 1 aliphatic heterocycles. The minimum Gasteiger partial charge on any atom is -0.435 e. The molecule has 0 bridgehead atoms. The van der Waals surface area contributed by atoms with Gasteiger partial charge in [0.15, 0.2) is 11.6 Å². The predicted molar refractivity (Wildman–Crippen MR) is 145 cm³/mol. The van der Waals surface area contributed by atoms with E-state index in [4.69, 9.17) is 4.74 Å². The van der Waals surface area contributed by atoms with Crippen molar-refractivity contribution in [1.29, 1.82) is 0 Å². The maximum absolute atomic E-state index is 15.1. The number of ether oxygens (including phenoxy) is 2. The molecule has 2 aromatic heterocycles. The van der Waals surface area contributed by atoms with E-state index in [9.17, 15) is 21.6 Å². The topological polar surface area (TPSA) is 127 Å². The van der Waals surface area contributed by atoms with Crippen LogP contribution in [0.2, 0.25) is 0 Å². The van der Waals surface area contributed by atoms with Crippen molar-refractivity contribution in [2.45, 2.75) is 30.1 Å². The summed E-state index contributed by atoms with van der Waals surface area (Å²) in [5.74, 6) is -4.32. The first-order valence-electron chi connectivity index (χ1n) is 12.8. The van der Waals surface area contributed by atoms with Gasteiger partial charge >= 0.3 is 6.36 Å². The molecule has 1 atom stereocenters. The Morgan fingerprint density at radius 3 is 2.58 bits per heavy atom. The lowest BCUT2D eigenvalue weighted by molar-refractivity contribution is -0.274. The van der Waals surface area contributed by atoms with Crippen LogP contribution in [0, 0.1) is 11.6 Å². The van der Waals surface area contributed by atoms with E-state index in [1.54, 1.807) is 18.2 Å². The van der Waals surface area contributed by atoms with Gasteiger partial charge in [-0.3, -0.25) is 4.72 Å². The van der Waals surface area contributed by atoms with Crippen molar-refractivity contribution in [1.82, 2.24) is 20.3 Å². The fourth-order valence-electron chi connectivity index (χ4n) is 4.24. The molecule has 0 radical (unpaired) electrons. The molecule has 2 aromatic carbocycles. The van der Waals surface area contributed by atoms with Gasteiger partial charge in [0.25, 0.3) is 10.0 Å². The Labute approximate surface area is 242 Å². The number of benzene rings is 2. The smallest absolute Gasteiger partial charge is 0.435 e. The van der Waals surface area contributed by atoms with Crippen LogP contribution in [0.5, 0.6) is 17.4 Å². The third kappa shape index (κ3) is 7.45. The molecule has 10 nitrogen and oxygen atoms in total. The number of pyridine rings is 1. The van der Waals surface area contributed by atoms with Crippen LogP contribution < -0.4 is 24.8 Å². The molecule has 0 amide bonds. The van der Waals surface area contributed by atoms with E-state index in [1.165, 1.54) is 12.4 Å². The number of aromatic nitrogens is 3. The van der Waals surface area contributed by atoms with Gasteiger partial charge in [-0.1, -0.05) is 6.07 Å². The molecular weight excluding hydrogens is 599 g/mol. The van der Waals surface area contributed by atoms with Gasteiger partial charge in [0.1, 0.15) is 5.75 Å². The molecule has 0 unspecified atom stereocenters. The van der Waals surface area contributed by atoms with Gasteiger partial charge in [0.2, 0.25) is 17.6 Å². The number of rotatable bonds is 9. The van der Waals surface area contributed by atoms with E-state index in [2.05, 4.69) is 30.3 Å². The standard InChI is InChI=1S/C27H23F5N6O4S/c28-23-21(38-43(39,40)18-6-1-5-17(14-18)42-27(30,31)32)8-9-22(24(23)29)41-25-19(7-3-12-34-25)20-10-13-35-26(37-20)36-16-4-2-11-33-15-16/h1,3,5-10,12-14,16,33,38H,2,4,11,15H2,(H,35,36,37)/t16-/m0/s1. The summed E-state index contributed by atoms with van der Waals surface area (Å²) in [7, 11) is -4.64. The minimum atomic E-state index is -5.06. The van der Waals surface area contributed by atoms with E-state index in [-0.39, 0.29) is 11.9 Å². The molecule has 0 spiro atoms. The van der Waals surface area contributed by atoms with E-state index in [0.717, 1.165) is 56.3 Å². The summed E-state index contributed by atoms with van der Waals surface area (Å²) in [5, 5.41) is 6.55. The number of nitrogens with zero attached hydrogens (tertiary/aromatic N) is 3. The summed E-state index contributed by atoms with van der Waals surface area (Å²) in [6.07, 6.45) is -0.209. The lowest BCUT2D eigenvalue weighted by Gasteiger charge is -2.23. The Bertz CT molecular complexity index is 1720. The first-order chi connectivity index (χ1) is 20.5. The normalized spacial score (nSPS) is 15.5. The van der Waals surface area contributed by atoms with Gasteiger partial charge in [-0.15, -0.1) is 13.2 Å². The van der Waals surface area contributed by atoms with Gasteiger partial charge in [-0.25, -0.2) is 27.8 Å². The Morgan fingerprint density at radius 1 is 0.977 bits per heavy atom. The first-order valence-corrected chi connectivity index (χ1v) is 14.3. The summed E-state index contributed by atoms with van der Waals surface area (Å²) in [6, 6.07) is 10.3. The quantitative estimate of drug-likeness (QED) is 0.208. The molecule has 4 aromatic rings. The molecule has 3 N–H and O–H groups in total. The number of hydrogen-bond donors (Lipinski definition) is 3. The Hall–Kier alpha value is -4.57. The number of alkyl halides is 3. The second-order valence-electron chi connectivity index (χ2n) is 9.28. The van der Waals surface area contributed by atoms with Crippen LogP contribution in [0.3, 0.4) is 0 Å². The molecule has 3 heterocycles. The SMILES string of the molecule is O=S(=O)(Nc1ccc(Oc2ncccc2-c2ccnc(N[C@H]3CCCNC3)n2)c(F)c1F)c1cccc(OC(F)(F)F)c1. The summed E-state index contributed by atoms with van der Waals surface area (Å²) in [5.41, 5.74) is -0.0661. The molecule has 43 heavy (non-hydrogen) atoms. The number of anilines is 2. The number of piperidine rings is 1. The zero-order chi connectivity index (χ0) is 30.6. The van der Waals surface area contributed by atoms with E-state index < -0.39 is 50.1 Å². The second-order valence-corrected chi connectivity index (χ2v) is 11.0. The highest BCUT2D eigenvalue weighted by Gasteiger charge is 2.32. The summed E-state index contributed by atoms with van der Waals surface area (Å²) in [6.45, 7) is 1.69. The molecule has 1 fully saturated rings. The van der Waals surface area contributed by atoms with Gasteiger partial charge in [0.05, 0.1) is 21.8 Å². The van der Waals surface area contributed by atoms with Gasteiger partial charge in [-0.05, 0) is 61.9 Å². The molecule has 5 rings (SSSR count). The van der Waals surface area contributed by atoms with E-state index >= 15 is 8.78 Å². The third-order valence-corrected chi connectivity index (χ3v) is 7.54. The highest BCUT2D eigenvalue weighted by molar-refractivity contribution is 7.92. The van der Waals surface area contributed by atoms with Crippen LogP contribution in [0.15, 0.2) is 71.9 Å². The van der Waals surface area contributed by atoms with Crippen LogP contribution in [-0.4, -0.2) is 48.9 Å². The van der Waals surface area contributed by atoms with Crippen molar-refractivity contribution in [3.05, 3.63) is 78.6 Å². The summed E-state index contributed by atoms with van der Waals surface area (Å²) >= 11 is 0. The lowest BCUT2D eigenvalue weighted by Crippen LogP contribution is -2.38. The molecule has 0 aliphatic carbocycles. The lowest BCUT2D eigenvalue weighted by atomic mass is 10.1. The van der Waals surface area contributed by atoms with Crippen molar-refractivity contribution in [3.8, 4) is 28.6 Å². The molecule has 1 saturated heterocycles. The summed E-state index contributed by atoms with van der Waals surface area (Å²) in [4.78, 5) is 12.2. The fraction of sp³-hybridized carbons (Fsp3) is 0.222.